The van der Waals surface area contributed by atoms with Gasteiger partial charge in [0.2, 0.25) is 0 Å². The summed E-state index contributed by atoms with van der Waals surface area (Å²) in [5.74, 6) is 1.77. The van der Waals surface area contributed by atoms with Gasteiger partial charge in [-0.15, -0.1) is 0 Å². The zero-order valence-electron chi connectivity index (χ0n) is 11.6. The summed E-state index contributed by atoms with van der Waals surface area (Å²) in [5.41, 5.74) is 1.75. The number of benzene rings is 1. The first-order valence-electron chi connectivity index (χ1n) is 6.89. The minimum absolute atomic E-state index is 0.100. The smallest absolute Gasteiger partial charge is 0.168 e. The number of aromatic nitrogens is 1. The predicted octanol–water partition coefficient (Wildman–Crippen LogP) is 3.79. The quantitative estimate of drug-likeness (QED) is 0.847. The van der Waals surface area contributed by atoms with E-state index in [0.717, 1.165) is 28.6 Å². The second-order valence-corrected chi connectivity index (χ2v) is 5.73. The Balaban J connectivity index is 2.07. The number of aromatic amines is 1. The molecule has 0 aliphatic heterocycles. The lowest BCUT2D eigenvalue weighted by Crippen LogP contribution is -2.07. The maximum absolute atomic E-state index is 12.5. The van der Waals surface area contributed by atoms with Crippen molar-refractivity contribution < 1.29 is 9.53 Å². The van der Waals surface area contributed by atoms with Crippen molar-refractivity contribution in [1.82, 2.24) is 4.98 Å². The summed E-state index contributed by atoms with van der Waals surface area (Å²) in [6, 6.07) is 5.86. The number of fused-ring (bicyclic) bond motifs is 1. The molecule has 3 rings (SSSR count). The molecular formula is C16H19NO2. The molecule has 3 heteroatoms. The fourth-order valence-electron chi connectivity index (χ4n) is 2.58. The Kier molecular flexibility index (Phi) is 2.85. The Bertz CT molecular complexity index is 627. The van der Waals surface area contributed by atoms with Crippen LogP contribution < -0.4 is 4.74 Å². The Hall–Kier alpha value is -1.77. The molecule has 0 spiro atoms. The minimum atomic E-state index is 0.100. The number of rotatable bonds is 4. The molecule has 1 aliphatic carbocycles. The average molecular weight is 257 g/mol. The molecule has 1 N–H and O–H groups in total. The van der Waals surface area contributed by atoms with Crippen LogP contribution in [0.2, 0.25) is 0 Å². The van der Waals surface area contributed by atoms with E-state index in [1.165, 1.54) is 0 Å². The van der Waals surface area contributed by atoms with Crippen LogP contribution >= 0.6 is 0 Å². The van der Waals surface area contributed by atoms with Crippen LogP contribution in [0.25, 0.3) is 10.9 Å². The van der Waals surface area contributed by atoms with E-state index in [2.05, 4.69) is 11.9 Å². The van der Waals surface area contributed by atoms with Crippen LogP contribution in [0, 0.1) is 11.8 Å². The maximum Gasteiger partial charge on any atom is 0.168 e. The van der Waals surface area contributed by atoms with Crippen molar-refractivity contribution >= 4 is 16.7 Å². The van der Waals surface area contributed by atoms with Crippen LogP contribution in [0.5, 0.6) is 5.75 Å². The number of carbonyl (C=O) groups is 1. The normalized spacial score (nSPS) is 21.9. The number of nitrogens with one attached hydrogen (secondary N) is 1. The van der Waals surface area contributed by atoms with Crippen molar-refractivity contribution in [1.29, 1.82) is 0 Å². The average Bonchev–Trinajstić information content (AvgIpc) is 2.92. The number of hydrogen-bond donors (Lipinski definition) is 1. The van der Waals surface area contributed by atoms with E-state index in [9.17, 15) is 4.79 Å². The van der Waals surface area contributed by atoms with Crippen molar-refractivity contribution in [3.05, 3.63) is 30.0 Å². The molecule has 1 aliphatic rings. The molecule has 0 saturated heterocycles. The fourth-order valence-corrected chi connectivity index (χ4v) is 2.58. The molecule has 100 valence electrons. The molecule has 1 saturated carbocycles. The summed E-state index contributed by atoms with van der Waals surface area (Å²) in [5, 5.41) is 0.931. The minimum Gasteiger partial charge on any atom is -0.490 e. The first-order valence-corrected chi connectivity index (χ1v) is 6.89. The van der Waals surface area contributed by atoms with Crippen molar-refractivity contribution in [3.8, 4) is 5.75 Å². The van der Waals surface area contributed by atoms with Gasteiger partial charge in [-0.25, -0.2) is 0 Å². The molecule has 2 atom stereocenters. The number of Topliss-reactive ketones (excluding diaryl/α,β-unsaturated/α-hetero) is 1. The molecule has 1 fully saturated rings. The Labute approximate surface area is 113 Å². The van der Waals surface area contributed by atoms with Crippen LogP contribution in [-0.2, 0) is 0 Å². The molecule has 1 aromatic heterocycles. The second-order valence-electron chi connectivity index (χ2n) is 5.73. The molecule has 2 aromatic rings. The second kappa shape index (κ2) is 4.41. The van der Waals surface area contributed by atoms with E-state index in [1.807, 2.05) is 38.2 Å². The summed E-state index contributed by atoms with van der Waals surface area (Å²) in [7, 11) is 0. The van der Waals surface area contributed by atoms with Gasteiger partial charge in [-0.1, -0.05) is 13.0 Å². The lowest BCUT2D eigenvalue weighted by molar-refractivity contribution is 0.0963. The Morgan fingerprint density at radius 1 is 1.42 bits per heavy atom. The topological polar surface area (TPSA) is 42.1 Å². The number of H-pyrrole nitrogens is 1. The van der Waals surface area contributed by atoms with E-state index >= 15 is 0 Å². The number of hydrogen-bond acceptors (Lipinski definition) is 2. The van der Waals surface area contributed by atoms with Crippen molar-refractivity contribution in [2.75, 3.05) is 0 Å². The van der Waals surface area contributed by atoms with Crippen LogP contribution in [-0.4, -0.2) is 16.9 Å². The van der Waals surface area contributed by atoms with Gasteiger partial charge < -0.3 is 9.72 Å². The molecule has 0 amide bonds. The van der Waals surface area contributed by atoms with Gasteiger partial charge in [0.05, 0.1) is 11.5 Å². The number of carbonyl (C=O) groups excluding carboxylic acids is 1. The van der Waals surface area contributed by atoms with Crippen LogP contribution in [0.1, 0.15) is 37.6 Å². The molecule has 3 nitrogen and oxygen atoms in total. The SMILES string of the molecule is CC(C)Oc1cccc2[nH]cc(C(=O)C3CC3C)c12. The van der Waals surface area contributed by atoms with Gasteiger partial charge >= 0.3 is 0 Å². The molecular weight excluding hydrogens is 238 g/mol. The maximum atomic E-state index is 12.5. The van der Waals surface area contributed by atoms with Crippen LogP contribution in [0.3, 0.4) is 0 Å². The standard InChI is InChI=1S/C16H19NO2/c1-9(2)19-14-6-4-5-13-15(14)12(8-17-13)16(18)11-7-10(11)3/h4-6,8-11,17H,7H2,1-3H3. The summed E-state index contributed by atoms with van der Waals surface area (Å²) >= 11 is 0. The van der Waals surface area contributed by atoms with Crippen molar-refractivity contribution in [2.45, 2.75) is 33.3 Å². The third kappa shape index (κ3) is 2.14. The summed E-state index contributed by atoms with van der Waals surface area (Å²) in [6.07, 6.45) is 2.94. The Morgan fingerprint density at radius 3 is 2.79 bits per heavy atom. The van der Waals surface area contributed by atoms with Gasteiger partial charge in [0.1, 0.15) is 5.75 Å². The zero-order chi connectivity index (χ0) is 13.6. The highest BCUT2D eigenvalue weighted by Gasteiger charge is 2.40. The lowest BCUT2D eigenvalue weighted by Gasteiger charge is -2.11. The fraction of sp³-hybridized carbons (Fsp3) is 0.438. The van der Waals surface area contributed by atoms with Crippen molar-refractivity contribution in [2.24, 2.45) is 11.8 Å². The van der Waals surface area contributed by atoms with E-state index in [1.54, 1.807) is 0 Å². The molecule has 0 bridgehead atoms. The Morgan fingerprint density at radius 2 is 2.16 bits per heavy atom. The predicted molar refractivity (Wildman–Crippen MR) is 75.7 cm³/mol. The number of ketones is 1. The summed E-state index contributed by atoms with van der Waals surface area (Å²) in [6.45, 7) is 6.12. The van der Waals surface area contributed by atoms with Gasteiger partial charge in [-0.2, -0.15) is 0 Å². The van der Waals surface area contributed by atoms with Gasteiger partial charge in [0.15, 0.2) is 5.78 Å². The van der Waals surface area contributed by atoms with Gasteiger partial charge in [-0.3, -0.25) is 4.79 Å². The van der Waals surface area contributed by atoms with Crippen LogP contribution in [0.15, 0.2) is 24.4 Å². The van der Waals surface area contributed by atoms with Gasteiger partial charge in [0, 0.05) is 23.2 Å². The summed E-state index contributed by atoms with van der Waals surface area (Å²) in [4.78, 5) is 15.6. The van der Waals surface area contributed by atoms with Gasteiger partial charge in [-0.05, 0) is 38.3 Å². The molecule has 1 aromatic carbocycles. The van der Waals surface area contributed by atoms with E-state index in [-0.39, 0.29) is 17.8 Å². The largest absolute Gasteiger partial charge is 0.490 e. The van der Waals surface area contributed by atoms with E-state index in [4.69, 9.17) is 4.74 Å². The first kappa shape index (κ1) is 12.3. The first-order chi connectivity index (χ1) is 9.08. The monoisotopic (exact) mass is 257 g/mol. The molecule has 2 unspecified atom stereocenters. The third-order valence-corrected chi connectivity index (χ3v) is 3.74. The van der Waals surface area contributed by atoms with Gasteiger partial charge in [0.25, 0.3) is 0 Å². The third-order valence-electron chi connectivity index (χ3n) is 3.74. The van der Waals surface area contributed by atoms with E-state index in [0.29, 0.717) is 5.92 Å². The number of ether oxygens (including phenoxy) is 1. The molecule has 1 heterocycles. The molecule has 19 heavy (non-hydrogen) atoms. The van der Waals surface area contributed by atoms with Crippen LogP contribution in [0.4, 0.5) is 0 Å². The highest BCUT2D eigenvalue weighted by molar-refractivity contribution is 6.11. The van der Waals surface area contributed by atoms with Crippen molar-refractivity contribution in [3.63, 3.8) is 0 Å². The lowest BCUT2D eigenvalue weighted by atomic mass is 10.0. The van der Waals surface area contributed by atoms with E-state index < -0.39 is 0 Å². The zero-order valence-corrected chi connectivity index (χ0v) is 11.6. The highest BCUT2D eigenvalue weighted by atomic mass is 16.5. The molecule has 0 radical (unpaired) electrons. The summed E-state index contributed by atoms with van der Waals surface area (Å²) < 4.78 is 5.83. The highest BCUT2D eigenvalue weighted by Crippen LogP contribution is 2.42.